The summed E-state index contributed by atoms with van der Waals surface area (Å²) in [5.41, 5.74) is 2.67. The van der Waals surface area contributed by atoms with E-state index in [0.29, 0.717) is 17.0 Å². The van der Waals surface area contributed by atoms with Gasteiger partial charge in [-0.05, 0) is 29.3 Å². The molecule has 2 aromatic carbocycles. The Hall–Kier alpha value is -3.01. The highest BCUT2D eigenvalue weighted by Crippen LogP contribution is 2.30. The van der Waals surface area contributed by atoms with Crippen molar-refractivity contribution >= 4 is 17.6 Å². The van der Waals surface area contributed by atoms with Gasteiger partial charge in [-0.25, -0.2) is 0 Å². The number of benzene rings is 2. The second-order valence-corrected chi connectivity index (χ2v) is 4.88. The third kappa shape index (κ3) is 2.59. The van der Waals surface area contributed by atoms with Gasteiger partial charge in [-0.15, -0.1) is 0 Å². The first kappa shape index (κ1) is 13.9. The van der Waals surface area contributed by atoms with Crippen LogP contribution in [0.5, 0.6) is 5.75 Å². The second kappa shape index (κ2) is 5.77. The minimum Gasteiger partial charge on any atom is -0.508 e. The van der Waals surface area contributed by atoms with E-state index in [1.165, 1.54) is 7.11 Å². The monoisotopic (exact) mass is 293 g/mol. The normalized spacial score (nSPS) is 16.0. The van der Waals surface area contributed by atoms with Gasteiger partial charge in [0.2, 0.25) is 0 Å². The van der Waals surface area contributed by atoms with Gasteiger partial charge < -0.3 is 15.2 Å². The smallest absolute Gasteiger partial charge is 0.260 e. The van der Waals surface area contributed by atoms with Crippen LogP contribution >= 0.6 is 0 Å². The molecule has 0 atom stereocenters. The maximum absolute atomic E-state index is 12.3. The van der Waals surface area contributed by atoms with E-state index in [9.17, 15) is 9.90 Å². The molecule has 0 radical (unpaired) electrons. The Morgan fingerprint density at radius 1 is 1.09 bits per heavy atom. The number of phenols is 1. The number of ether oxygens (including phenoxy) is 1. The number of carbonyl (C=O) groups excluding carboxylic acids is 1. The van der Waals surface area contributed by atoms with Crippen LogP contribution in [0.25, 0.3) is 11.6 Å². The summed E-state index contributed by atoms with van der Waals surface area (Å²) in [6.45, 7) is 0. The SMILES string of the molecule is COC1=C(c2ccccc2)C(=O)N/C1=C\c1cccc(O)c1. The number of methoxy groups -OCH3 is 1. The molecule has 2 aromatic rings. The van der Waals surface area contributed by atoms with Gasteiger partial charge in [-0.3, -0.25) is 4.79 Å². The molecular formula is C18H15NO3. The molecule has 0 spiro atoms. The number of nitrogens with one attached hydrogen (secondary N) is 1. The van der Waals surface area contributed by atoms with Gasteiger partial charge in [0.05, 0.1) is 18.4 Å². The van der Waals surface area contributed by atoms with Crippen LogP contribution in [0.1, 0.15) is 11.1 Å². The molecular weight excluding hydrogens is 278 g/mol. The van der Waals surface area contributed by atoms with Crippen molar-refractivity contribution in [1.82, 2.24) is 5.32 Å². The maximum Gasteiger partial charge on any atom is 0.260 e. The summed E-state index contributed by atoms with van der Waals surface area (Å²) in [5, 5.41) is 12.3. The standard InChI is InChI=1S/C18H15NO3/c1-22-17-15(11-12-6-5-9-14(20)10-12)19-18(21)16(17)13-7-3-2-4-8-13/h2-11,20H,1H3,(H,19,21)/b15-11-. The van der Waals surface area contributed by atoms with E-state index >= 15 is 0 Å². The van der Waals surface area contributed by atoms with Gasteiger partial charge in [0.25, 0.3) is 5.91 Å². The zero-order chi connectivity index (χ0) is 15.5. The number of phenolic OH excluding ortho intramolecular Hbond substituents is 1. The summed E-state index contributed by atoms with van der Waals surface area (Å²) in [5.74, 6) is 0.471. The lowest BCUT2D eigenvalue weighted by Crippen LogP contribution is -2.15. The van der Waals surface area contributed by atoms with Crippen molar-refractivity contribution in [2.45, 2.75) is 0 Å². The van der Waals surface area contributed by atoms with Crippen molar-refractivity contribution in [2.24, 2.45) is 0 Å². The van der Waals surface area contributed by atoms with E-state index in [4.69, 9.17) is 4.74 Å². The van der Waals surface area contributed by atoms with Crippen LogP contribution in [0, 0.1) is 0 Å². The van der Waals surface area contributed by atoms with Gasteiger partial charge in [-0.1, -0.05) is 42.5 Å². The van der Waals surface area contributed by atoms with E-state index in [1.807, 2.05) is 36.4 Å². The van der Waals surface area contributed by atoms with Gasteiger partial charge in [0.1, 0.15) is 5.75 Å². The fraction of sp³-hybridized carbons (Fsp3) is 0.0556. The number of amides is 1. The molecule has 110 valence electrons. The topological polar surface area (TPSA) is 58.6 Å². The summed E-state index contributed by atoms with van der Waals surface area (Å²) in [6.07, 6.45) is 1.77. The average molecular weight is 293 g/mol. The largest absolute Gasteiger partial charge is 0.508 e. The molecule has 0 unspecified atom stereocenters. The maximum atomic E-state index is 12.3. The molecule has 1 aliphatic rings. The molecule has 1 amide bonds. The summed E-state index contributed by atoms with van der Waals surface area (Å²) in [4.78, 5) is 12.3. The van der Waals surface area contributed by atoms with Crippen LogP contribution in [-0.4, -0.2) is 18.1 Å². The van der Waals surface area contributed by atoms with Gasteiger partial charge in [-0.2, -0.15) is 0 Å². The minimum absolute atomic E-state index is 0.171. The fourth-order valence-electron chi connectivity index (χ4n) is 2.44. The molecule has 0 saturated heterocycles. The Morgan fingerprint density at radius 3 is 2.55 bits per heavy atom. The first-order chi connectivity index (χ1) is 10.7. The molecule has 4 nitrogen and oxygen atoms in total. The molecule has 0 aliphatic carbocycles. The molecule has 2 N–H and O–H groups in total. The van der Waals surface area contributed by atoms with E-state index in [-0.39, 0.29) is 11.7 Å². The van der Waals surface area contributed by atoms with Gasteiger partial charge >= 0.3 is 0 Å². The Balaban J connectivity index is 2.08. The van der Waals surface area contributed by atoms with Crippen molar-refractivity contribution in [3.8, 4) is 5.75 Å². The Morgan fingerprint density at radius 2 is 1.86 bits per heavy atom. The fourth-order valence-corrected chi connectivity index (χ4v) is 2.44. The molecule has 0 aromatic heterocycles. The first-order valence-electron chi connectivity index (χ1n) is 6.85. The highest BCUT2D eigenvalue weighted by Gasteiger charge is 2.29. The quantitative estimate of drug-likeness (QED) is 0.914. The van der Waals surface area contributed by atoms with E-state index < -0.39 is 0 Å². The van der Waals surface area contributed by atoms with Gasteiger partial charge in [0.15, 0.2) is 5.76 Å². The number of aromatic hydroxyl groups is 1. The van der Waals surface area contributed by atoms with Crippen LogP contribution in [0.15, 0.2) is 66.1 Å². The number of hydrogen-bond acceptors (Lipinski definition) is 3. The Labute approximate surface area is 128 Å². The van der Waals surface area contributed by atoms with E-state index in [1.54, 1.807) is 24.3 Å². The lowest BCUT2D eigenvalue weighted by atomic mass is 10.1. The summed E-state index contributed by atoms with van der Waals surface area (Å²) in [6, 6.07) is 16.2. The average Bonchev–Trinajstić information content (AvgIpc) is 2.83. The zero-order valence-electron chi connectivity index (χ0n) is 12.0. The predicted octanol–water partition coefficient (Wildman–Crippen LogP) is 2.92. The van der Waals surface area contributed by atoms with Crippen LogP contribution in [0.2, 0.25) is 0 Å². The number of carbonyl (C=O) groups is 1. The summed E-state index contributed by atoms with van der Waals surface area (Å²) < 4.78 is 5.43. The zero-order valence-corrected chi connectivity index (χ0v) is 12.0. The van der Waals surface area contributed by atoms with Crippen molar-refractivity contribution < 1.29 is 14.6 Å². The molecule has 4 heteroatoms. The van der Waals surface area contributed by atoms with E-state index in [2.05, 4.69) is 5.32 Å². The third-order valence-corrected chi connectivity index (χ3v) is 3.39. The second-order valence-electron chi connectivity index (χ2n) is 4.88. The number of rotatable bonds is 3. The van der Waals surface area contributed by atoms with Crippen LogP contribution in [-0.2, 0) is 9.53 Å². The molecule has 0 fully saturated rings. The van der Waals surface area contributed by atoms with Crippen molar-refractivity contribution in [1.29, 1.82) is 0 Å². The molecule has 3 rings (SSSR count). The molecule has 0 saturated carbocycles. The molecule has 0 bridgehead atoms. The molecule has 1 aliphatic heterocycles. The lowest BCUT2D eigenvalue weighted by molar-refractivity contribution is -0.114. The Bertz CT molecular complexity index is 776. The van der Waals surface area contributed by atoms with Gasteiger partial charge in [0, 0.05) is 0 Å². The third-order valence-electron chi connectivity index (χ3n) is 3.39. The highest BCUT2D eigenvalue weighted by atomic mass is 16.5. The Kier molecular flexibility index (Phi) is 3.66. The van der Waals surface area contributed by atoms with E-state index in [0.717, 1.165) is 11.1 Å². The highest BCUT2D eigenvalue weighted by molar-refractivity contribution is 6.24. The minimum atomic E-state index is -0.200. The predicted molar refractivity (Wildman–Crippen MR) is 84.6 cm³/mol. The summed E-state index contributed by atoms with van der Waals surface area (Å²) >= 11 is 0. The number of hydrogen-bond donors (Lipinski definition) is 2. The van der Waals surface area contributed by atoms with Crippen molar-refractivity contribution in [3.63, 3.8) is 0 Å². The first-order valence-corrected chi connectivity index (χ1v) is 6.85. The molecule has 1 heterocycles. The van der Waals surface area contributed by atoms with Crippen molar-refractivity contribution in [3.05, 3.63) is 77.2 Å². The molecule has 22 heavy (non-hydrogen) atoms. The van der Waals surface area contributed by atoms with Crippen LogP contribution < -0.4 is 5.32 Å². The van der Waals surface area contributed by atoms with Crippen LogP contribution in [0.3, 0.4) is 0 Å². The van der Waals surface area contributed by atoms with Crippen LogP contribution in [0.4, 0.5) is 0 Å². The van der Waals surface area contributed by atoms with Crippen molar-refractivity contribution in [2.75, 3.05) is 7.11 Å². The lowest BCUT2D eigenvalue weighted by Gasteiger charge is -2.05. The summed E-state index contributed by atoms with van der Waals surface area (Å²) in [7, 11) is 1.54.